The van der Waals surface area contributed by atoms with E-state index in [9.17, 15) is 44.1 Å². The summed E-state index contributed by atoms with van der Waals surface area (Å²) in [5, 5.41) is 36.2. The van der Waals surface area contributed by atoms with Gasteiger partial charge in [-0.05, 0) is 101 Å². The normalized spacial score (nSPS) is 39.0. The first-order valence-corrected chi connectivity index (χ1v) is 24.4. The highest BCUT2D eigenvalue weighted by Crippen LogP contribution is 2.37. The largest absolute Gasteiger partial charge is 0.459 e. The van der Waals surface area contributed by atoms with Crippen molar-refractivity contribution in [1.82, 2.24) is 10.2 Å². The lowest BCUT2D eigenvalue weighted by Crippen LogP contribution is -2.61. The molecule has 68 heavy (non-hydrogen) atoms. The van der Waals surface area contributed by atoms with Gasteiger partial charge in [0.05, 0.1) is 24.4 Å². The van der Waals surface area contributed by atoms with Crippen molar-refractivity contribution in [2.24, 2.45) is 35.3 Å². The highest BCUT2D eigenvalue weighted by molar-refractivity contribution is 6.39. The Balaban J connectivity index is 1.74. The highest BCUT2D eigenvalue weighted by atomic mass is 16.6. The van der Waals surface area contributed by atoms with Gasteiger partial charge in [-0.15, -0.1) is 0 Å². The third-order valence-corrected chi connectivity index (χ3v) is 14.4. The first-order valence-electron chi connectivity index (χ1n) is 24.4. The SMILES string of the molecule is CNC(=O)O[C@@H]1/C(C)=C/[C@@H](C)C(=O)C[C@@H]([C@H](N)C[C@@H]2CC[C@@H](O)[C@H](OC)C2)OC(=O)[C@@H]2CCCCN2C(=O)C(=O)[C@]2(O)O[C@@H](CC[C@H]2C)C[C@H](OC)/C(C)=C/C=C/C=C/[C@@H](C)C[C@@H](C)C(=O)[C@@H]1O. The van der Waals surface area contributed by atoms with Gasteiger partial charge in [-0.25, -0.2) is 9.59 Å². The zero-order valence-corrected chi connectivity index (χ0v) is 41.6. The molecular formula is C51H79N3O14. The van der Waals surface area contributed by atoms with E-state index in [1.54, 1.807) is 34.8 Å². The third-order valence-electron chi connectivity index (χ3n) is 14.4. The first kappa shape index (κ1) is 56.5. The minimum Gasteiger partial charge on any atom is -0.459 e. The number of amides is 2. The van der Waals surface area contributed by atoms with Crippen LogP contribution >= 0.6 is 0 Å². The standard InChI is InChI=1S/C51H79N3O14/c1-29-15-11-10-12-16-30(2)41(64-8)27-36-20-18-34(6)51(63,68-36)47(59)48(60)54-22-14-13-17-38(54)49(61)66-42(37(52)25-35-19-21-39(55)43(26-35)65-9)28-40(56)31(3)24-33(5)46(67-50(62)53-7)45(58)44(57)32(4)23-29/h10-12,15-16,24,29,31-32,34-39,41-43,45-46,55,58,63H,13-14,17-23,25-28,52H2,1-9H3,(H,53,62)/b12-10+,15-11+,30-16+,33-24+/t29-,31-,32-,34-,35+,36+,37-,38+,39-,41+,42+,43-,45+,46-,51-/m1/s1. The number of fused-ring (bicyclic) bond motifs is 3. The van der Waals surface area contributed by atoms with Crippen molar-refractivity contribution >= 4 is 35.3 Å². The summed E-state index contributed by atoms with van der Waals surface area (Å²) in [5.74, 6) is -9.03. The van der Waals surface area contributed by atoms with Gasteiger partial charge in [-0.2, -0.15) is 0 Å². The third kappa shape index (κ3) is 15.0. The maximum Gasteiger partial charge on any atom is 0.407 e. The lowest BCUT2D eigenvalue weighted by molar-refractivity contribution is -0.265. The summed E-state index contributed by atoms with van der Waals surface area (Å²) >= 11 is 0. The Bertz CT molecular complexity index is 1880. The van der Waals surface area contributed by atoms with E-state index in [0.717, 1.165) is 10.5 Å². The van der Waals surface area contributed by atoms with Crippen LogP contribution < -0.4 is 11.1 Å². The molecule has 0 aromatic rings. The molecule has 0 unspecified atom stereocenters. The number of nitrogens with zero attached hydrogens (tertiary/aromatic N) is 1. The second-order valence-electron chi connectivity index (χ2n) is 19.7. The Labute approximate surface area is 402 Å². The van der Waals surface area contributed by atoms with E-state index < -0.39 is 114 Å². The zero-order chi connectivity index (χ0) is 50.5. The molecule has 17 heteroatoms. The number of allylic oxidation sites excluding steroid dienone is 6. The van der Waals surface area contributed by atoms with E-state index in [2.05, 4.69) is 5.32 Å². The van der Waals surface area contributed by atoms with Gasteiger partial charge in [0.2, 0.25) is 5.79 Å². The topological polar surface area (TPSA) is 251 Å². The summed E-state index contributed by atoms with van der Waals surface area (Å²) in [6, 6.07) is -2.12. The monoisotopic (exact) mass is 958 g/mol. The van der Waals surface area contributed by atoms with Crippen LogP contribution in [0.25, 0.3) is 0 Å². The summed E-state index contributed by atoms with van der Waals surface area (Å²) in [7, 11) is 4.41. The lowest BCUT2D eigenvalue weighted by atomic mass is 9.80. The molecule has 1 saturated carbocycles. The molecule has 2 saturated heterocycles. The molecule has 0 aromatic heterocycles. The lowest BCUT2D eigenvalue weighted by Gasteiger charge is -2.42. The molecule has 0 aromatic carbocycles. The van der Waals surface area contributed by atoms with E-state index in [1.807, 2.05) is 44.2 Å². The Hall–Kier alpha value is -4.10. The number of hydrogen-bond donors (Lipinski definition) is 5. The van der Waals surface area contributed by atoms with E-state index in [4.69, 9.17) is 29.4 Å². The summed E-state index contributed by atoms with van der Waals surface area (Å²) in [5.41, 5.74) is 7.92. The van der Waals surface area contributed by atoms with Crippen LogP contribution in [-0.2, 0) is 47.7 Å². The number of carbonyl (C=O) groups excluding carboxylic acids is 6. The highest BCUT2D eigenvalue weighted by Gasteiger charge is 2.53. The molecule has 382 valence electrons. The smallest absolute Gasteiger partial charge is 0.407 e. The second kappa shape index (κ2) is 26.2. The van der Waals surface area contributed by atoms with E-state index in [-0.39, 0.29) is 43.2 Å². The van der Waals surface area contributed by atoms with Crippen molar-refractivity contribution in [3.05, 3.63) is 47.6 Å². The summed E-state index contributed by atoms with van der Waals surface area (Å²) in [6.45, 7) is 10.3. The van der Waals surface area contributed by atoms with Crippen molar-refractivity contribution in [1.29, 1.82) is 0 Å². The number of methoxy groups -OCH3 is 2. The second-order valence-corrected chi connectivity index (χ2v) is 19.7. The molecule has 1 aliphatic carbocycles. The molecule has 0 spiro atoms. The minimum atomic E-state index is -2.47. The number of ketones is 3. The average Bonchev–Trinajstić information content (AvgIpc) is 3.31. The molecule has 2 amide bonds. The number of nitrogens with two attached hydrogens (primary N) is 1. The van der Waals surface area contributed by atoms with Gasteiger partial charge >= 0.3 is 12.1 Å². The van der Waals surface area contributed by atoms with E-state index in [0.29, 0.717) is 57.8 Å². The number of ether oxygens (including phenoxy) is 5. The number of carbonyl (C=O) groups is 6. The maximum atomic E-state index is 14.4. The molecule has 15 atom stereocenters. The van der Waals surface area contributed by atoms with Crippen LogP contribution in [0.5, 0.6) is 0 Å². The molecule has 0 radical (unpaired) electrons. The van der Waals surface area contributed by atoms with Crippen LogP contribution in [0, 0.1) is 29.6 Å². The number of aliphatic hydroxyl groups excluding tert-OH is 2. The molecule has 17 nitrogen and oxygen atoms in total. The van der Waals surface area contributed by atoms with Crippen LogP contribution in [0.1, 0.15) is 119 Å². The molecule has 3 aliphatic heterocycles. The molecule has 6 N–H and O–H groups in total. The zero-order valence-electron chi connectivity index (χ0n) is 41.6. The number of aliphatic hydroxyl groups is 3. The predicted molar refractivity (Wildman–Crippen MR) is 252 cm³/mol. The van der Waals surface area contributed by atoms with Crippen LogP contribution in [0.4, 0.5) is 4.79 Å². The predicted octanol–water partition coefficient (Wildman–Crippen LogP) is 4.58. The van der Waals surface area contributed by atoms with Crippen molar-refractivity contribution in [3.63, 3.8) is 0 Å². The molecule has 2 bridgehead atoms. The fourth-order valence-electron chi connectivity index (χ4n) is 9.99. The molecule has 3 heterocycles. The van der Waals surface area contributed by atoms with Crippen LogP contribution in [0.2, 0.25) is 0 Å². The summed E-state index contributed by atoms with van der Waals surface area (Å²) < 4.78 is 29.1. The van der Waals surface area contributed by atoms with Crippen LogP contribution in [0.15, 0.2) is 47.6 Å². The number of nitrogens with one attached hydrogen (secondary N) is 1. The van der Waals surface area contributed by atoms with Gasteiger partial charge in [0.1, 0.15) is 17.9 Å². The molecule has 4 rings (SSSR count). The molecular weight excluding hydrogens is 879 g/mol. The fourth-order valence-corrected chi connectivity index (χ4v) is 9.99. The van der Waals surface area contributed by atoms with Crippen molar-refractivity contribution in [2.45, 2.75) is 179 Å². The van der Waals surface area contributed by atoms with E-state index >= 15 is 0 Å². The number of esters is 1. The van der Waals surface area contributed by atoms with Crippen molar-refractivity contribution in [3.8, 4) is 0 Å². The Morgan fingerprint density at radius 2 is 1.65 bits per heavy atom. The van der Waals surface area contributed by atoms with E-state index in [1.165, 1.54) is 20.2 Å². The molecule has 4 aliphatic rings. The number of Topliss-reactive ketones (excluding diaryl/α,β-unsaturated/α-hetero) is 3. The van der Waals surface area contributed by atoms with Crippen molar-refractivity contribution < 1.29 is 67.8 Å². The van der Waals surface area contributed by atoms with Crippen LogP contribution in [-0.4, -0.2) is 144 Å². The van der Waals surface area contributed by atoms with Crippen LogP contribution in [0.3, 0.4) is 0 Å². The van der Waals surface area contributed by atoms with Gasteiger partial charge in [0, 0.05) is 64.4 Å². The number of alkyl carbamates (subject to hydrolysis) is 1. The Kier molecular flexibility index (Phi) is 21.8. The quantitative estimate of drug-likeness (QED) is 0.139. The summed E-state index contributed by atoms with van der Waals surface area (Å²) in [6.07, 6.45) is 7.48. The van der Waals surface area contributed by atoms with Gasteiger partial charge in [0.25, 0.3) is 11.7 Å². The number of piperidine rings is 1. The Morgan fingerprint density at radius 1 is 0.926 bits per heavy atom. The van der Waals surface area contributed by atoms with Gasteiger partial charge in [-0.3, -0.25) is 19.2 Å². The van der Waals surface area contributed by atoms with Gasteiger partial charge in [-0.1, -0.05) is 64.2 Å². The molecule has 3 fully saturated rings. The average molecular weight is 958 g/mol. The number of hydrogen-bond acceptors (Lipinski definition) is 15. The van der Waals surface area contributed by atoms with Gasteiger partial charge in [0.15, 0.2) is 18.0 Å². The first-order chi connectivity index (χ1) is 32.1. The van der Waals surface area contributed by atoms with Gasteiger partial charge < -0.3 is 55.0 Å². The number of rotatable bonds is 6. The van der Waals surface area contributed by atoms with Crippen molar-refractivity contribution in [2.75, 3.05) is 27.8 Å². The Morgan fingerprint density at radius 3 is 2.32 bits per heavy atom. The maximum absolute atomic E-state index is 14.4. The fraction of sp³-hybridized carbons (Fsp3) is 0.725. The minimum absolute atomic E-state index is 0.0293. The summed E-state index contributed by atoms with van der Waals surface area (Å²) in [4.78, 5) is 84.4. The number of cyclic esters (lactones) is 1.